The zero-order valence-electron chi connectivity index (χ0n) is 9.02. The van der Waals surface area contributed by atoms with Gasteiger partial charge in [-0.2, -0.15) is 14.0 Å². The van der Waals surface area contributed by atoms with E-state index in [0.29, 0.717) is 5.56 Å². The van der Waals surface area contributed by atoms with E-state index in [4.69, 9.17) is 5.26 Å². The molecule has 0 spiro atoms. The van der Waals surface area contributed by atoms with Crippen LogP contribution in [0.3, 0.4) is 0 Å². The molecule has 16 heavy (non-hydrogen) atoms. The van der Waals surface area contributed by atoms with Gasteiger partial charge in [-0.05, 0) is 20.2 Å². The van der Waals surface area contributed by atoms with Crippen molar-refractivity contribution in [2.24, 2.45) is 0 Å². The second-order valence-corrected chi connectivity index (χ2v) is 3.41. The molecule has 86 valence electrons. The molecule has 0 saturated heterocycles. The Morgan fingerprint density at radius 1 is 1.31 bits per heavy atom. The lowest BCUT2D eigenvalue weighted by Gasteiger charge is -2.20. The molecule has 1 aromatic rings. The molecule has 0 aliphatic rings. The molecule has 0 amide bonds. The van der Waals surface area contributed by atoms with Gasteiger partial charge >= 0.3 is 6.61 Å². The Labute approximate surface area is 92.9 Å². The third kappa shape index (κ3) is 2.91. The van der Waals surface area contributed by atoms with Crippen LogP contribution in [-0.4, -0.2) is 25.6 Å². The molecule has 0 bridgehead atoms. The largest absolute Gasteiger partial charge is 0.434 e. The predicted octanol–water partition coefficient (Wildman–Crippen LogP) is 2.41. The molecule has 0 heterocycles. The molecule has 1 rings (SSSR count). The highest BCUT2D eigenvalue weighted by Crippen LogP contribution is 2.28. The molecule has 0 aliphatic heterocycles. The number of hydrogen-bond donors (Lipinski definition) is 0. The summed E-state index contributed by atoms with van der Waals surface area (Å²) in [5.74, 6) is 0.0396. The van der Waals surface area contributed by atoms with E-state index in [1.54, 1.807) is 37.2 Å². The highest BCUT2D eigenvalue weighted by atomic mass is 19.3. The highest BCUT2D eigenvalue weighted by Gasteiger charge is 2.19. The van der Waals surface area contributed by atoms with Crippen LogP contribution in [0.5, 0.6) is 5.75 Å². The van der Waals surface area contributed by atoms with Gasteiger partial charge in [-0.25, -0.2) is 0 Å². The summed E-state index contributed by atoms with van der Waals surface area (Å²) in [4.78, 5) is 1.63. The van der Waals surface area contributed by atoms with Crippen molar-refractivity contribution in [1.29, 1.82) is 5.26 Å². The standard InChI is InChI=1S/C11H12F2N2O/c1-15(2)9(7-14)8-5-3-4-6-10(8)16-11(12)13/h3-6,9,11H,1-2H3. The number of rotatable bonds is 4. The number of benzene rings is 1. The fourth-order valence-electron chi connectivity index (χ4n) is 1.37. The number of nitrogens with zero attached hydrogens (tertiary/aromatic N) is 2. The SMILES string of the molecule is CN(C)C(C#N)c1ccccc1OC(F)F. The molecule has 0 aliphatic carbocycles. The molecule has 0 saturated carbocycles. The van der Waals surface area contributed by atoms with Crippen molar-refractivity contribution in [2.45, 2.75) is 12.7 Å². The summed E-state index contributed by atoms with van der Waals surface area (Å²) in [5, 5.41) is 8.97. The second kappa shape index (κ2) is 5.42. The van der Waals surface area contributed by atoms with E-state index < -0.39 is 12.7 Å². The summed E-state index contributed by atoms with van der Waals surface area (Å²) >= 11 is 0. The first-order valence-electron chi connectivity index (χ1n) is 4.66. The minimum atomic E-state index is -2.89. The molecule has 1 unspecified atom stereocenters. The number of alkyl halides is 2. The fourth-order valence-corrected chi connectivity index (χ4v) is 1.37. The lowest BCUT2D eigenvalue weighted by Crippen LogP contribution is -2.19. The van der Waals surface area contributed by atoms with Crippen LogP contribution in [-0.2, 0) is 0 Å². The Bertz CT molecular complexity index is 388. The molecule has 0 fully saturated rings. The van der Waals surface area contributed by atoms with Gasteiger partial charge in [-0.15, -0.1) is 0 Å². The maximum atomic E-state index is 12.2. The van der Waals surface area contributed by atoms with Crippen LogP contribution in [0.4, 0.5) is 8.78 Å². The third-order valence-electron chi connectivity index (χ3n) is 2.07. The van der Waals surface area contributed by atoms with Crippen molar-refractivity contribution >= 4 is 0 Å². The van der Waals surface area contributed by atoms with Crippen LogP contribution in [0.25, 0.3) is 0 Å². The van der Waals surface area contributed by atoms with Gasteiger partial charge in [-0.3, -0.25) is 4.90 Å². The number of nitriles is 1. The molecule has 0 aromatic heterocycles. The Hall–Kier alpha value is -1.67. The van der Waals surface area contributed by atoms with Gasteiger partial charge in [-0.1, -0.05) is 18.2 Å². The highest BCUT2D eigenvalue weighted by molar-refractivity contribution is 5.38. The van der Waals surface area contributed by atoms with E-state index in [9.17, 15) is 8.78 Å². The summed E-state index contributed by atoms with van der Waals surface area (Å²) in [5.41, 5.74) is 0.440. The summed E-state index contributed by atoms with van der Waals surface area (Å²) in [6.45, 7) is -2.89. The van der Waals surface area contributed by atoms with Crippen molar-refractivity contribution < 1.29 is 13.5 Å². The van der Waals surface area contributed by atoms with E-state index in [0.717, 1.165) is 0 Å². The number of ether oxygens (including phenoxy) is 1. The summed E-state index contributed by atoms with van der Waals surface area (Å²) in [6, 6.07) is 7.73. The van der Waals surface area contributed by atoms with E-state index in [-0.39, 0.29) is 5.75 Å². The van der Waals surface area contributed by atoms with Gasteiger partial charge < -0.3 is 4.74 Å². The summed E-state index contributed by atoms with van der Waals surface area (Å²) < 4.78 is 28.7. The average molecular weight is 226 g/mol. The Morgan fingerprint density at radius 2 is 1.94 bits per heavy atom. The van der Waals surface area contributed by atoms with Crippen LogP contribution in [0.15, 0.2) is 24.3 Å². The zero-order chi connectivity index (χ0) is 12.1. The molecule has 0 N–H and O–H groups in total. The van der Waals surface area contributed by atoms with Gasteiger partial charge in [0.1, 0.15) is 11.8 Å². The first kappa shape index (κ1) is 12.4. The van der Waals surface area contributed by atoms with Crippen LogP contribution in [0.2, 0.25) is 0 Å². The number of halogens is 2. The molecular weight excluding hydrogens is 214 g/mol. The Morgan fingerprint density at radius 3 is 2.44 bits per heavy atom. The predicted molar refractivity (Wildman–Crippen MR) is 55.1 cm³/mol. The first-order chi connectivity index (χ1) is 7.56. The van der Waals surface area contributed by atoms with Crippen molar-refractivity contribution in [1.82, 2.24) is 4.90 Å². The maximum Gasteiger partial charge on any atom is 0.387 e. The van der Waals surface area contributed by atoms with Crippen LogP contribution in [0.1, 0.15) is 11.6 Å². The molecule has 5 heteroatoms. The lowest BCUT2D eigenvalue weighted by atomic mass is 10.1. The fraction of sp³-hybridized carbons (Fsp3) is 0.364. The lowest BCUT2D eigenvalue weighted by molar-refractivity contribution is -0.0508. The monoisotopic (exact) mass is 226 g/mol. The average Bonchev–Trinajstić information content (AvgIpc) is 2.20. The van der Waals surface area contributed by atoms with Gasteiger partial charge in [0.25, 0.3) is 0 Å². The van der Waals surface area contributed by atoms with Crippen LogP contribution in [0, 0.1) is 11.3 Å². The van der Waals surface area contributed by atoms with Crippen molar-refractivity contribution in [3.63, 3.8) is 0 Å². The Balaban J connectivity index is 3.07. The topological polar surface area (TPSA) is 36.3 Å². The number of hydrogen-bond acceptors (Lipinski definition) is 3. The maximum absolute atomic E-state index is 12.2. The quantitative estimate of drug-likeness (QED) is 0.791. The van der Waals surface area contributed by atoms with Gasteiger partial charge in [0, 0.05) is 5.56 Å². The molecule has 1 atom stereocenters. The Kier molecular flexibility index (Phi) is 4.20. The van der Waals surface area contributed by atoms with Gasteiger partial charge in [0.15, 0.2) is 0 Å². The van der Waals surface area contributed by atoms with E-state index >= 15 is 0 Å². The van der Waals surface area contributed by atoms with E-state index in [1.807, 2.05) is 6.07 Å². The van der Waals surface area contributed by atoms with Crippen LogP contribution >= 0.6 is 0 Å². The zero-order valence-corrected chi connectivity index (χ0v) is 9.02. The molecular formula is C11H12F2N2O. The van der Waals surface area contributed by atoms with Gasteiger partial charge in [0.05, 0.1) is 6.07 Å². The minimum absolute atomic E-state index is 0.0396. The summed E-state index contributed by atoms with van der Waals surface area (Å²) in [6.07, 6.45) is 0. The van der Waals surface area contributed by atoms with Crippen molar-refractivity contribution in [3.05, 3.63) is 29.8 Å². The first-order valence-corrected chi connectivity index (χ1v) is 4.66. The normalized spacial score (nSPS) is 12.6. The van der Waals surface area contributed by atoms with Crippen molar-refractivity contribution in [3.8, 4) is 11.8 Å². The van der Waals surface area contributed by atoms with E-state index in [1.165, 1.54) is 6.07 Å². The van der Waals surface area contributed by atoms with E-state index in [2.05, 4.69) is 4.74 Å². The number of para-hydroxylation sites is 1. The van der Waals surface area contributed by atoms with Crippen molar-refractivity contribution in [2.75, 3.05) is 14.1 Å². The van der Waals surface area contributed by atoms with Crippen LogP contribution < -0.4 is 4.74 Å². The smallest absolute Gasteiger partial charge is 0.387 e. The third-order valence-corrected chi connectivity index (χ3v) is 2.07. The molecule has 1 aromatic carbocycles. The molecule has 3 nitrogen and oxygen atoms in total. The molecule has 0 radical (unpaired) electrons. The summed E-state index contributed by atoms with van der Waals surface area (Å²) in [7, 11) is 3.40. The minimum Gasteiger partial charge on any atom is -0.434 e. The second-order valence-electron chi connectivity index (χ2n) is 3.41. The van der Waals surface area contributed by atoms with Gasteiger partial charge in [0.2, 0.25) is 0 Å².